The molecule has 16 heteroatoms. The molecule has 2 amide bonds. The highest BCUT2D eigenvalue weighted by atomic mass is 32.2. The molecule has 0 saturated carbocycles. The lowest BCUT2D eigenvalue weighted by Gasteiger charge is -2.29. The Kier molecular flexibility index (Phi) is 14.1. The zero-order valence-electron chi connectivity index (χ0n) is 26.3. The van der Waals surface area contributed by atoms with E-state index >= 15 is 0 Å². The van der Waals surface area contributed by atoms with Crippen LogP contribution in [-0.4, -0.2) is 95.9 Å². The first-order valence-electron chi connectivity index (χ1n) is 14.5. The minimum atomic E-state index is -3.05. The van der Waals surface area contributed by atoms with Gasteiger partial charge in [0.2, 0.25) is 0 Å². The Morgan fingerprint density at radius 2 is 1.13 bits per heavy atom. The van der Waals surface area contributed by atoms with Crippen molar-refractivity contribution in [2.45, 2.75) is 70.7 Å². The van der Waals surface area contributed by atoms with Crippen LogP contribution in [0.3, 0.4) is 0 Å². The third-order valence-corrected chi connectivity index (χ3v) is 10.6. The maximum Gasteiger partial charge on any atom is 0.408 e. The van der Waals surface area contributed by atoms with E-state index in [0.29, 0.717) is 25.7 Å². The van der Waals surface area contributed by atoms with Crippen molar-refractivity contribution in [2.75, 3.05) is 37.2 Å². The minimum absolute atomic E-state index is 0.00586. The molecule has 2 saturated heterocycles. The van der Waals surface area contributed by atoms with Gasteiger partial charge in [0.15, 0.2) is 0 Å². The number of nitrogens with one attached hydrogen (secondary N) is 2. The third kappa shape index (κ3) is 13.6. The molecule has 1 aromatic carbocycles. The normalized spacial score (nSPS) is 19.3. The average molecular weight is 677 g/mol. The van der Waals surface area contributed by atoms with E-state index in [1.165, 1.54) is 14.2 Å². The molecule has 254 valence electrons. The van der Waals surface area contributed by atoms with Gasteiger partial charge in [0.05, 0.1) is 37.2 Å². The predicted octanol–water partition coefficient (Wildman–Crippen LogP) is 2.16. The first kappa shape index (κ1) is 37.8. The summed E-state index contributed by atoms with van der Waals surface area (Å²) in [5.74, 6) is -1.71. The highest BCUT2D eigenvalue weighted by Crippen LogP contribution is 2.24. The van der Waals surface area contributed by atoms with Crippen LogP contribution in [-0.2, 0) is 54.8 Å². The summed E-state index contributed by atoms with van der Waals surface area (Å²) in [5.41, 5.74) is 0.145. The van der Waals surface area contributed by atoms with E-state index in [9.17, 15) is 36.0 Å². The van der Waals surface area contributed by atoms with Gasteiger partial charge in [-0.15, -0.1) is 0 Å². The summed E-state index contributed by atoms with van der Waals surface area (Å²) in [6.07, 6.45) is -0.202. The molecule has 14 nitrogen and oxygen atoms in total. The van der Waals surface area contributed by atoms with Crippen LogP contribution in [0.25, 0.3) is 0 Å². The number of ether oxygens (including phenoxy) is 4. The van der Waals surface area contributed by atoms with Crippen molar-refractivity contribution in [1.29, 1.82) is 0 Å². The number of esters is 2. The molecule has 2 fully saturated rings. The Bertz CT molecular complexity index is 1350. The summed E-state index contributed by atoms with van der Waals surface area (Å²) in [4.78, 5) is 47.5. The lowest BCUT2D eigenvalue weighted by atomic mass is 9.94. The van der Waals surface area contributed by atoms with Gasteiger partial charge < -0.3 is 29.6 Å². The van der Waals surface area contributed by atoms with E-state index in [1.54, 1.807) is 20.8 Å². The van der Waals surface area contributed by atoms with Crippen molar-refractivity contribution in [3.05, 3.63) is 35.9 Å². The first-order chi connectivity index (χ1) is 20.9. The summed E-state index contributed by atoms with van der Waals surface area (Å²) in [7, 11) is -3.63. The summed E-state index contributed by atoms with van der Waals surface area (Å²) in [5, 5.41) is 5.00. The average Bonchev–Trinajstić information content (AvgIpc) is 2.97. The standard InChI is InChI=1S/C16H21NO6S.C13H23NO6S/c1-22-15(18)14(13-7-9-24(20,21)10-8-13)17-16(19)23-11-12-5-3-2-4-6-12;1-13(2,3)20-12(16)14-10(11(15)19-4)9-5-7-21(17,18)8-6-9/h2-6,13-14H,7-11H2,1H3,(H,17,19);9-10H,5-8H2,1-4H3,(H,14,16)/t14-;10-/m00/s1. The Balaban J connectivity index is 0.000000317. The minimum Gasteiger partial charge on any atom is -0.467 e. The fourth-order valence-corrected chi connectivity index (χ4v) is 7.86. The number of methoxy groups -OCH3 is 2. The topological polar surface area (TPSA) is 198 Å². The van der Waals surface area contributed by atoms with Gasteiger partial charge in [-0.2, -0.15) is 0 Å². The van der Waals surface area contributed by atoms with Gasteiger partial charge in [-0.25, -0.2) is 36.0 Å². The largest absolute Gasteiger partial charge is 0.467 e. The van der Waals surface area contributed by atoms with Crippen molar-refractivity contribution in [2.24, 2.45) is 11.8 Å². The van der Waals surface area contributed by atoms with Gasteiger partial charge in [-0.3, -0.25) is 0 Å². The van der Waals surface area contributed by atoms with Crippen LogP contribution in [0, 0.1) is 11.8 Å². The van der Waals surface area contributed by atoms with Crippen LogP contribution in [0.1, 0.15) is 52.0 Å². The van der Waals surface area contributed by atoms with Crippen LogP contribution >= 0.6 is 0 Å². The van der Waals surface area contributed by atoms with Gasteiger partial charge in [0.1, 0.15) is 44.0 Å². The maximum atomic E-state index is 12.0. The van der Waals surface area contributed by atoms with Gasteiger partial charge in [0.25, 0.3) is 0 Å². The summed E-state index contributed by atoms with van der Waals surface area (Å²) >= 11 is 0. The predicted molar refractivity (Wildman–Crippen MR) is 163 cm³/mol. The smallest absolute Gasteiger partial charge is 0.408 e. The number of hydrogen-bond acceptors (Lipinski definition) is 12. The number of benzene rings is 1. The lowest BCUT2D eigenvalue weighted by Crippen LogP contribution is -2.50. The second-order valence-corrected chi connectivity index (χ2v) is 16.4. The van der Waals surface area contributed by atoms with Crippen LogP contribution in [0.5, 0.6) is 0 Å². The second kappa shape index (κ2) is 16.8. The highest BCUT2D eigenvalue weighted by Gasteiger charge is 2.37. The Morgan fingerprint density at radius 3 is 1.51 bits per heavy atom. The number of hydrogen-bond donors (Lipinski definition) is 2. The molecule has 45 heavy (non-hydrogen) atoms. The number of rotatable bonds is 8. The SMILES string of the molecule is COC(=O)[C@@H](NC(=O)OC(C)(C)C)C1CCS(=O)(=O)CC1.COC(=O)[C@@H](NC(=O)OCc1ccccc1)C1CCS(=O)(=O)CC1. The Hall–Kier alpha value is -3.40. The molecule has 1 aromatic rings. The van der Waals surface area contributed by atoms with E-state index in [-0.39, 0.29) is 41.5 Å². The number of alkyl carbamates (subject to hydrolysis) is 2. The maximum absolute atomic E-state index is 12.0. The molecule has 0 bridgehead atoms. The number of sulfone groups is 2. The Morgan fingerprint density at radius 1 is 0.733 bits per heavy atom. The van der Waals surface area contributed by atoms with Crippen molar-refractivity contribution in [3.63, 3.8) is 0 Å². The molecule has 2 heterocycles. The van der Waals surface area contributed by atoms with E-state index in [2.05, 4.69) is 15.4 Å². The Labute approximate surface area is 264 Å². The van der Waals surface area contributed by atoms with Crippen molar-refractivity contribution in [1.82, 2.24) is 10.6 Å². The van der Waals surface area contributed by atoms with Crippen molar-refractivity contribution < 1.29 is 55.0 Å². The summed E-state index contributed by atoms with van der Waals surface area (Å²) in [6.45, 7) is 5.23. The molecule has 0 radical (unpaired) electrons. The second-order valence-electron chi connectivity index (χ2n) is 11.8. The summed E-state index contributed by atoms with van der Waals surface area (Å²) in [6, 6.07) is 7.35. The molecule has 2 aliphatic heterocycles. The van der Waals surface area contributed by atoms with E-state index in [1.807, 2.05) is 30.3 Å². The monoisotopic (exact) mass is 676 g/mol. The zero-order valence-corrected chi connectivity index (χ0v) is 27.9. The molecule has 0 spiro atoms. The fourth-order valence-electron chi connectivity index (χ4n) is 4.80. The lowest BCUT2D eigenvalue weighted by molar-refractivity contribution is -0.145. The molecular weight excluding hydrogens is 632 g/mol. The molecule has 2 atom stereocenters. The van der Waals surface area contributed by atoms with Crippen LogP contribution in [0.4, 0.5) is 9.59 Å². The molecule has 0 aromatic heterocycles. The first-order valence-corrected chi connectivity index (χ1v) is 18.1. The number of carbonyl (C=O) groups excluding carboxylic acids is 4. The molecule has 3 rings (SSSR count). The quantitative estimate of drug-likeness (QED) is 0.301. The summed E-state index contributed by atoms with van der Waals surface area (Å²) < 4.78 is 65.5. The van der Waals surface area contributed by atoms with Crippen molar-refractivity contribution >= 4 is 43.8 Å². The number of amides is 2. The van der Waals surface area contributed by atoms with E-state index in [0.717, 1.165) is 5.56 Å². The molecule has 2 N–H and O–H groups in total. The number of carbonyl (C=O) groups is 4. The fraction of sp³-hybridized carbons (Fsp3) is 0.655. The van der Waals surface area contributed by atoms with Gasteiger partial charge in [-0.1, -0.05) is 30.3 Å². The van der Waals surface area contributed by atoms with Gasteiger partial charge in [-0.05, 0) is 63.9 Å². The van der Waals surface area contributed by atoms with Crippen LogP contribution < -0.4 is 10.6 Å². The molecular formula is C29H44N2O12S2. The van der Waals surface area contributed by atoms with Gasteiger partial charge >= 0.3 is 24.1 Å². The zero-order chi connectivity index (χ0) is 33.8. The third-order valence-electron chi connectivity index (χ3n) is 7.21. The van der Waals surface area contributed by atoms with Gasteiger partial charge in [0, 0.05) is 0 Å². The molecule has 0 aliphatic carbocycles. The molecule has 0 unspecified atom stereocenters. The molecule has 2 aliphatic rings. The van der Waals surface area contributed by atoms with E-state index in [4.69, 9.17) is 14.2 Å². The van der Waals surface area contributed by atoms with Crippen LogP contribution in [0.15, 0.2) is 30.3 Å². The highest BCUT2D eigenvalue weighted by molar-refractivity contribution is 7.91. The van der Waals surface area contributed by atoms with E-state index < -0.39 is 61.5 Å². The van der Waals surface area contributed by atoms with Crippen molar-refractivity contribution in [3.8, 4) is 0 Å². The van der Waals surface area contributed by atoms with Crippen LogP contribution in [0.2, 0.25) is 0 Å².